The average molecular weight is 218 g/mol. The highest BCUT2D eigenvalue weighted by Crippen LogP contribution is 2.37. The zero-order valence-corrected chi connectivity index (χ0v) is 8.13. The van der Waals surface area contributed by atoms with Gasteiger partial charge in [-0.3, -0.25) is 0 Å². The van der Waals surface area contributed by atoms with Crippen LogP contribution in [0, 0.1) is 0 Å². The Balaban J connectivity index is 2.49. The molecule has 0 N–H and O–H groups in total. The van der Waals surface area contributed by atoms with E-state index in [1.165, 1.54) is 23.4 Å². The summed E-state index contributed by atoms with van der Waals surface area (Å²) in [5.74, 6) is 0.692. The molecule has 0 aliphatic heterocycles. The molecule has 0 saturated heterocycles. The largest absolute Gasteiger partial charge is 0.234 e. The minimum Gasteiger partial charge on any atom is -0.234 e. The van der Waals surface area contributed by atoms with Crippen molar-refractivity contribution in [3.8, 4) is 0 Å². The monoisotopic (exact) mass is 217 g/mol. The van der Waals surface area contributed by atoms with E-state index < -0.39 is 0 Å². The number of rotatable bonds is 0. The molecule has 1 nitrogen and oxygen atoms in total. The van der Waals surface area contributed by atoms with Crippen molar-refractivity contribution < 1.29 is 0 Å². The SMILES string of the molecule is CC1CCc2sc(Br)nc21. The third-order valence-corrected chi connectivity index (χ3v) is 3.55. The summed E-state index contributed by atoms with van der Waals surface area (Å²) in [7, 11) is 0. The smallest absolute Gasteiger partial charge is 0.159 e. The Morgan fingerprint density at radius 1 is 1.70 bits per heavy atom. The highest BCUT2D eigenvalue weighted by molar-refractivity contribution is 9.11. The molecule has 0 bridgehead atoms. The molecule has 1 aliphatic carbocycles. The first-order valence-electron chi connectivity index (χ1n) is 3.42. The van der Waals surface area contributed by atoms with Crippen molar-refractivity contribution in [3.63, 3.8) is 0 Å². The van der Waals surface area contributed by atoms with Crippen LogP contribution in [-0.4, -0.2) is 4.98 Å². The fourth-order valence-corrected chi connectivity index (χ4v) is 3.08. The molecule has 0 aromatic carbocycles. The molecule has 10 heavy (non-hydrogen) atoms. The molecule has 3 heteroatoms. The average Bonchev–Trinajstić information content (AvgIpc) is 2.35. The topological polar surface area (TPSA) is 12.9 Å². The second-order valence-corrected chi connectivity index (χ2v) is 5.07. The summed E-state index contributed by atoms with van der Waals surface area (Å²) < 4.78 is 1.05. The molecule has 0 amide bonds. The second-order valence-electron chi connectivity index (χ2n) is 2.71. The Labute approximate surface area is 72.6 Å². The third kappa shape index (κ3) is 0.920. The molecular weight excluding hydrogens is 210 g/mol. The fourth-order valence-electron chi connectivity index (χ4n) is 1.38. The van der Waals surface area contributed by atoms with Crippen LogP contribution < -0.4 is 0 Å². The number of fused-ring (bicyclic) bond motifs is 1. The van der Waals surface area contributed by atoms with Gasteiger partial charge < -0.3 is 0 Å². The molecule has 1 heterocycles. The molecule has 1 aliphatic rings. The van der Waals surface area contributed by atoms with Gasteiger partial charge in [0.1, 0.15) is 0 Å². The van der Waals surface area contributed by atoms with Gasteiger partial charge in [-0.2, -0.15) is 0 Å². The minimum absolute atomic E-state index is 0.692. The van der Waals surface area contributed by atoms with Gasteiger partial charge in [0.15, 0.2) is 3.92 Å². The van der Waals surface area contributed by atoms with Gasteiger partial charge in [0.2, 0.25) is 0 Å². The lowest BCUT2D eigenvalue weighted by atomic mass is 10.1. The summed E-state index contributed by atoms with van der Waals surface area (Å²) in [6, 6.07) is 0. The molecule has 0 radical (unpaired) electrons. The number of halogens is 1. The predicted octanol–water partition coefficient (Wildman–Crippen LogP) is 2.96. The van der Waals surface area contributed by atoms with E-state index in [1.807, 2.05) is 0 Å². The van der Waals surface area contributed by atoms with Crippen molar-refractivity contribution in [1.29, 1.82) is 0 Å². The molecule has 1 aromatic heterocycles. The maximum atomic E-state index is 4.41. The number of aromatic nitrogens is 1. The van der Waals surface area contributed by atoms with Crippen LogP contribution in [0.3, 0.4) is 0 Å². The van der Waals surface area contributed by atoms with Gasteiger partial charge in [-0.25, -0.2) is 4.98 Å². The van der Waals surface area contributed by atoms with E-state index in [4.69, 9.17) is 0 Å². The quantitative estimate of drug-likeness (QED) is 0.652. The summed E-state index contributed by atoms with van der Waals surface area (Å²) in [5.41, 5.74) is 1.33. The van der Waals surface area contributed by atoms with E-state index in [1.54, 1.807) is 11.3 Å². The molecule has 1 atom stereocenters. The van der Waals surface area contributed by atoms with E-state index in [-0.39, 0.29) is 0 Å². The van der Waals surface area contributed by atoms with Crippen molar-refractivity contribution in [2.45, 2.75) is 25.7 Å². The summed E-state index contributed by atoms with van der Waals surface area (Å²) in [5, 5.41) is 0. The van der Waals surface area contributed by atoms with Gasteiger partial charge >= 0.3 is 0 Å². The number of nitrogens with zero attached hydrogens (tertiary/aromatic N) is 1. The molecule has 1 unspecified atom stereocenters. The van der Waals surface area contributed by atoms with Gasteiger partial charge in [0, 0.05) is 4.88 Å². The molecule has 0 saturated carbocycles. The van der Waals surface area contributed by atoms with Crippen LogP contribution >= 0.6 is 27.3 Å². The van der Waals surface area contributed by atoms with Crippen LogP contribution in [0.1, 0.15) is 29.8 Å². The van der Waals surface area contributed by atoms with Crippen molar-refractivity contribution in [2.75, 3.05) is 0 Å². The third-order valence-electron chi connectivity index (χ3n) is 1.97. The minimum atomic E-state index is 0.692. The summed E-state index contributed by atoms with van der Waals surface area (Å²) in [6.45, 7) is 2.25. The Morgan fingerprint density at radius 3 is 3.20 bits per heavy atom. The van der Waals surface area contributed by atoms with E-state index in [2.05, 4.69) is 27.8 Å². The molecule has 1 aromatic rings. The van der Waals surface area contributed by atoms with E-state index in [9.17, 15) is 0 Å². The maximum Gasteiger partial charge on any atom is 0.159 e. The van der Waals surface area contributed by atoms with Crippen molar-refractivity contribution in [1.82, 2.24) is 4.98 Å². The van der Waals surface area contributed by atoms with Crippen LogP contribution in [0.4, 0.5) is 0 Å². The van der Waals surface area contributed by atoms with Gasteiger partial charge in [-0.15, -0.1) is 11.3 Å². The Hall–Kier alpha value is 0.110. The summed E-state index contributed by atoms with van der Waals surface area (Å²) in [4.78, 5) is 5.89. The van der Waals surface area contributed by atoms with Crippen LogP contribution in [0.5, 0.6) is 0 Å². The Kier molecular flexibility index (Phi) is 1.57. The molecule has 2 rings (SSSR count). The van der Waals surface area contributed by atoms with Gasteiger partial charge in [-0.05, 0) is 34.7 Å². The maximum absolute atomic E-state index is 4.41. The van der Waals surface area contributed by atoms with Gasteiger partial charge in [0.05, 0.1) is 5.69 Å². The van der Waals surface area contributed by atoms with E-state index in [0.717, 1.165) is 3.92 Å². The summed E-state index contributed by atoms with van der Waals surface area (Å²) in [6.07, 6.45) is 2.53. The van der Waals surface area contributed by atoms with Gasteiger partial charge in [-0.1, -0.05) is 6.92 Å². The lowest BCUT2D eigenvalue weighted by Crippen LogP contribution is -1.85. The highest BCUT2D eigenvalue weighted by atomic mass is 79.9. The zero-order valence-electron chi connectivity index (χ0n) is 5.72. The first-order valence-corrected chi connectivity index (χ1v) is 5.03. The van der Waals surface area contributed by atoms with Crippen LogP contribution in [0.15, 0.2) is 3.92 Å². The molecular formula is C7H8BrNS. The number of thiazole rings is 1. The standard InChI is InChI=1S/C7H8BrNS/c1-4-2-3-5-6(4)9-7(8)10-5/h4H,2-3H2,1H3. The normalized spacial score (nSPS) is 23.2. The first kappa shape index (κ1) is 6.80. The predicted molar refractivity (Wildman–Crippen MR) is 46.6 cm³/mol. The lowest BCUT2D eigenvalue weighted by molar-refractivity contribution is 0.729. The number of hydrogen-bond donors (Lipinski definition) is 0. The lowest BCUT2D eigenvalue weighted by Gasteiger charge is -1.95. The molecule has 0 spiro atoms. The summed E-state index contributed by atoms with van der Waals surface area (Å²) >= 11 is 5.18. The fraction of sp³-hybridized carbons (Fsp3) is 0.571. The van der Waals surface area contributed by atoms with Crippen molar-refractivity contribution in [2.24, 2.45) is 0 Å². The van der Waals surface area contributed by atoms with Gasteiger partial charge in [0.25, 0.3) is 0 Å². The van der Waals surface area contributed by atoms with Crippen LogP contribution in [-0.2, 0) is 6.42 Å². The van der Waals surface area contributed by atoms with Crippen LogP contribution in [0.2, 0.25) is 0 Å². The van der Waals surface area contributed by atoms with E-state index in [0.29, 0.717) is 5.92 Å². The first-order chi connectivity index (χ1) is 4.77. The second kappa shape index (κ2) is 2.31. The van der Waals surface area contributed by atoms with Crippen molar-refractivity contribution >= 4 is 27.3 Å². The highest BCUT2D eigenvalue weighted by Gasteiger charge is 2.22. The van der Waals surface area contributed by atoms with Crippen molar-refractivity contribution in [3.05, 3.63) is 14.5 Å². The number of hydrogen-bond acceptors (Lipinski definition) is 2. The Bertz CT molecular complexity index is 256. The Morgan fingerprint density at radius 2 is 2.50 bits per heavy atom. The van der Waals surface area contributed by atoms with E-state index >= 15 is 0 Å². The molecule has 54 valence electrons. The zero-order chi connectivity index (χ0) is 7.14. The number of aryl methyl sites for hydroxylation is 1. The molecule has 0 fully saturated rings. The van der Waals surface area contributed by atoms with Crippen LogP contribution in [0.25, 0.3) is 0 Å².